The van der Waals surface area contributed by atoms with Gasteiger partial charge in [0, 0.05) is 37.4 Å². The molecule has 2 unspecified atom stereocenters. The topological polar surface area (TPSA) is 8.17 Å². The van der Waals surface area contributed by atoms with Crippen LogP contribution in [0.4, 0.5) is 11.4 Å². The molecule has 0 saturated carbocycles. The number of rotatable bonds is 5. The molecule has 0 spiro atoms. The van der Waals surface area contributed by atoms with Crippen LogP contribution in [0, 0.1) is 0 Å². The summed E-state index contributed by atoms with van der Waals surface area (Å²) >= 11 is 1.90. The van der Waals surface area contributed by atoms with E-state index in [0.717, 1.165) is 0 Å². The maximum absolute atomic E-state index is 2.59. The van der Waals surface area contributed by atoms with E-state index in [9.17, 15) is 0 Å². The smallest absolute Gasteiger partial charge is 0.245 e. The molecule has 0 amide bonds. The zero-order valence-electron chi connectivity index (χ0n) is 32.7. The normalized spacial score (nSPS) is 17.5. The van der Waals surface area contributed by atoms with Gasteiger partial charge in [0.25, 0.3) is 0 Å². The first-order valence-electron chi connectivity index (χ1n) is 20.6. The van der Waals surface area contributed by atoms with Crippen molar-refractivity contribution < 1.29 is 0 Å². The molecule has 1 aliphatic carbocycles. The van der Waals surface area contributed by atoms with Gasteiger partial charge in [0.15, 0.2) is 0 Å². The zero-order valence-corrected chi connectivity index (χ0v) is 33.5. The molecule has 1 aromatic heterocycles. The van der Waals surface area contributed by atoms with Crippen LogP contribution in [0.3, 0.4) is 0 Å². The first kappa shape index (κ1) is 34.3. The summed E-state index contributed by atoms with van der Waals surface area (Å²) in [6.45, 7) is 2.44. The average molecular weight is 771 g/mol. The summed E-state index contributed by atoms with van der Waals surface area (Å²) in [5.41, 5.74) is 16.4. The van der Waals surface area contributed by atoms with Gasteiger partial charge in [-0.15, -0.1) is 0 Å². The SMILES string of the molecule is CC12C=CC=CC1N(c1ccccc1)c1c2ccc2c1c1ccccc1n2-c1ccc2c(c1)Sc1ccccc1B2c1c(-c2ccccc2)cccc1-c1ccccc1. The third-order valence-electron chi connectivity index (χ3n) is 13.0. The van der Waals surface area contributed by atoms with Gasteiger partial charge in [-0.2, -0.15) is 0 Å². The van der Waals surface area contributed by atoms with E-state index in [2.05, 4.69) is 229 Å². The fourth-order valence-electron chi connectivity index (χ4n) is 10.4. The number of hydrogen-bond donors (Lipinski definition) is 0. The Kier molecular flexibility index (Phi) is 7.80. The number of hydrogen-bond acceptors (Lipinski definition) is 2. The first-order valence-corrected chi connectivity index (χ1v) is 21.4. The Labute approximate surface area is 349 Å². The second kappa shape index (κ2) is 13.4. The monoisotopic (exact) mass is 770 g/mol. The molecule has 9 aromatic rings. The largest absolute Gasteiger partial charge is 0.332 e. The van der Waals surface area contributed by atoms with Gasteiger partial charge in [-0.05, 0) is 77.2 Å². The standard InChI is InChI=1S/C55H39BN2S/c1-55-35-16-15-30-51(55)58(39-22-9-4-10-23-39)54-44(55)32-34-48-52(54)43-24-11-13-28-47(43)57(48)40-31-33-46-50(36-40)59-49-29-14-12-27-45(49)56(46)53-41(37-18-5-2-6-19-37)25-17-26-42(53)38-20-7-3-8-21-38/h2-36,51H,1H3. The average Bonchev–Trinajstić information content (AvgIpc) is 3.78. The van der Waals surface area contributed by atoms with Gasteiger partial charge in [0.1, 0.15) is 0 Å². The van der Waals surface area contributed by atoms with Crippen LogP contribution in [0.15, 0.2) is 222 Å². The molecule has 8 aromatic carbocycles. The van der Waals surface area contributed by atoms with E-state index in [4.69, 9.17) is 0 Å². The maximum atomic E-state index is 2.59. The molecule has 12 rings (SSSR count). The predicted octanol–water partition coefficient (Wildman–Crippen LogP) is 12.0. The lowest BCUT2D eigenvalue weighted by Gasteiger charge is -2.34. The molecule has 278 valence electrons. The highest BCUT2D eigenvalue weighted by molar-refractivity contribution is 8.00. The molecule has 3 aliphatic rings. The summed E-state index contributed by atoms with van der Waals surface area (Å²) in [7, 11) is 0. The Bertz CT molecular complexity index is 3110. The second-order valence-electron chi connectivity index (χ2n) is 16.2. The van der Waals surface area contributed by atoms with Crippen LogP contribution in [0.1, 0.15) is 12.5 Å². The molecule has 0 fully saturated rings. The minimum atomic E-state index is -0.156. The summed E-state index contributed by atoms with van der Waals surface area (Å²) < 4.78 is 2.51. The number of nitrogens with zero attached hydrogens (tertiary/aromatic N) is 2. The van der Waals surface area contributed by atoms with Gasteiger partial charge in [0.2, 0.25) is 6.71 Å². The summed E-state index contributed by atoms with van der Waals surface area (Å²) in [4.78, 5) is 5.19. The molecular formula is C55H39BN2S. The number of anilines is 2. The number of para-hydroxylation sites is 2. The molecule has 0 N–H and O–H groups in total. The Morgan fingerprint density at radius 1 is 0.542 bits per heavy atom. The minimum absolute atomic E-state index is 0.0363. The Morgan fingerprint density at radius 2 is 1.20 bits per heavy atom. The van der Waals surface area contributed by atoms with Crippen molar-refractivity contribution in [3.8, 4) is 27.9 Å². The molecule has 0 radical (unpaired) electrons. The van der Waals surface area contributed by atoms with Crippen LogP contribution < -0.4 is 21.3 Å². The maximum Gasteiger partial charge on any atom is 0.245 e. The van der Waals surface area contributed by atoms with Crippen molar-refractivity contribution in [2.45, 2.75) is 28.2 Å². The van der Waals surface area contributed by atoms with Crippen molar-refractivity contribution in [3.05, 3.63) is 218 Å². The van der Waals surface area contributed by atoms with Crippen LogP contribution in [-0.2, 0) is 5.41 Å². The summed E-state index contributed by atoms with van der Waals surface area (Å²) in [5.74, 6) is 0. The second-order valence-corrected chi connectivity index (χ2v) is 17.3. The molecule has 2 atom stereocenters. The van der Waals surface area contributed by atoms with Crippen molar-refractivity contribution in [2.75, 3.05) is 4.90 Å². The van der Waals surface area contributed by atoms with Crippen molar-refractivity contribution in [1.82, 2.24) is 4.57 Å². The third kappa shape index (κ3) is 5.16. The van der Waals surface area contributed by atoms with Gasteiger partial charge in [-0.25, -0.2) is 0 Å². The lowest BCUT2D eigenvalue weighted by atomic mass is 9.35. The van der Waals surface area contributed by atoms with E-state index in [-0.39, 0.29) is 18.2 Å². The third-order valence-corrected chi connectivity index (χ3v) is 14.2. The fraction of sp³-hybridized carbons (Fsp3) is 0.0545. The highest BCUT2D eigenvalue weighted by Crippen LogP contribution is 2.55. The van der Waals surface area contributed by atoms with Gasteiger partial charge >= 0.3 is 0 Å². The van der Waals surface area contributed by atoms with Crippen molar-refractivity contribution in [2.24, 2.45) is 0 Å². The lowest BCUT2D eigenvalue weighted by Crippen LogP contribution is -2.56. The van der Waals surface area contributed by atoms with E-state index >= 15 is 0 Å². The molecule has 4 heteroatoms. The molecule has 0 saturated heterocycles. The van der Waals surface area contributed by atoms with E-state index in [0.29, 0.717) is 0 Å². The van der Waals surface area contributed by atoms with Crippen molar-refractivity contribution in [3.63, 3.8) is 0 Å². The van der Waals surface area contributed by atoms with Crippen LogP contribution in [0.2, 0.25) is 0 Å². The Balaban J connectivity index is 1.10. The van der Waals surface area contributed by atoms with Gasteiger partial charge in [-0.1, -0.05) is 198 Å². The van der Waals surface area contributed by atoms with Gasteiger partial charge in [-0.3, -0.25) is 0 Å². The predicted molar refractivity (Wildman–Crippen MR) is 251 cm³/mol. The van der Waals surface area contributed by atoms with Crippen LogP contribution in [0.25, 0.3) is 49.7 Å². The number of aromatic nitrogens is 1. The van der Waals surface area contributed by atoms with E-state index in [1.165, 1.54) is 92.9 Å². The van der Waals surface area contributed by atoms with Crippen LogP contribution in [-0.4, -0.2) is 17.3 Å². The number of fused-ring (bicyclic) bond motifs is 9. The molecule has 2 nitrogen and oxygen atoms in total. The van der Waals surface area contributed by atoms with E-state index < -0.39 is 0 Å². The summed E-state index contributed by atoms with van der Waals surface area (Å²) in [6, 6.07) is 69.9. The lowest BCUT2D eigenvalue weighted by molar-refractivity contribution is 0.551. The summed E-state index contributed by atoms with van der Waals surface area (Å²) in [5, 5.41) is 2.57. The minimum Gasteiger partial charge on any atom is -0.332 e. The Morgan fingerprint density at radius 3 is 1.97 bits per heavy atom. The molecule has 59 heavy (non-hydrogen) atoms. The van der Waals surface area contributed by atoms with Gasteiger partial charge < -0.3 is 9.47 Å². The molecular weight excluding hydrogens is 731 g/mol. The zero-order chi connectivity index (χ0) is 39.1. The molecule has 3 heterocycles. The highest BCUT2D eigenvalue weighted by atomic mass is 32.2. The number of benzene rings is 8. The quantitative estimate of drug-likeness (QED) is 0.161. The van der Waals surface area contributed by atoms with Gasteiger partial charge in [0.05, 0.1) is 22.8 Å². The van der Waals surface area contributed by atoms with E-state index in [1.807, 2.05) is 11.8 Å². The number of allylic oxidation sites excluding steroid dienone is 2. The van der Waals surface area contributed by atoms with Crippen molar-refractivity contribution in [1.29, 1.82) is 0 Å². The molecule has 2 aliphatic heterocycles. The van der Waals surface area contributed by atoms with Crippen molar-refractivity contribution >= 4 is 68.0 Å². The Hall–Kier alpha value is -6.75. The first-order chi connectivity index (χ1) is 29.2. The van der Waals surface area contributed by atoms with E-state index in [1.54, 1.807) is 0 Å². The van der Waals surface area contributed by atoms with Crippen LogP contribution >= 0.6 is 11.8 Å². The highest BCUT2D eigenvalue weighted by Gasteiger charge is 2.47. The molecule has 0 bridgehead atoms. The fourth-order valence-corrected chi connectivity index (χ4v) is 11.5. The summed E-state index contributed by atoms with van der Waals surface area (Å²) in [6.07, 6.45) is 9.22. The van der Waals surface area contributed by atoms with Crippen LogP contribution in [0.5, 0.6) is 0 Å².